The van der Waals surface area contributed by atoms with Crippen molar-refractivity contribution in [1.82, 2.24) is 9.88 Å². The maximum absolute atomic E-state index is 12.8. The molecule has 1 unspecified atom stereocenters. The Bertz CT molecular complexity index is 948. The summed E-state index contributed by atoms with van der Waals surface area (Å²) in [6.07, 6.45) is 6.21. The van der Waals surface area contributed by atoms with Gasteiger partial charge in [-0.05, 0) is 49.6 Å². The molecule has 1 N–H and O–H groups in total. The van der Waals surface area contributed by atoms with Crippen molar-refractivity contribution in [2.24, 2.45) is 0 Å². The molecule has 7 nitrogen and oxygen atoms in total. The van der Waals surface area contributed by atoms with Crippen LogP contribution in [0.2, 0.25) is 5.02 Å². The summed E-state index contributed by atoms with van der Waals surface area (Å²) < 4.78 is 6.15. The summed E-state index contributed by atoms with van der Waals surface area (Å²) in [6.45, 7) is 3.89. The van der Waals surface area contributed by atoms with E-state index in [0.717, 1.165) is 44.6 Å². The molecule has 1 aromatic heterocycles. The first-order chi connectivity index (χ1) is 15.5. The van der Waals surface area contributed by atoms with Gasteiger partial charge in [-0.2, -0.15) is 0 Å². The molecule has 0 saturated carbocycles. The quantitative estimate of drug-likeness (QED) is 0.732. The number of benzene rings is 1. The van der Waals surface area contributed by atoms with Crippen LogP contribution < -0.4 is 15.0 Å². The molecule has 1 atom stereocenters. The average molecular weight is 457 g/mol. The lowest BCUT2D eigenvalue weighted by molar-refractivity contribution is -0.138. The summed E-state index contributed by atoms with van der Waals surface area (Å²) in [5, 5.41) is 3.37. The zero-order valence-corrected chi connectivity index (χ0v) is 19.1. The van der Waals surface area contributed by atoms with Crippen molar-refractivity contribution < 1.29 is 14.3 Å². The van der Waals surface area contributed by atoms with E-state index in [-0.39, 0.29) is 17.9 Å². The third-order valence-electron chi connectivity index (χ3n) is 6.12. The van der Waals surface area contributed by atoms with E-state index in [1.807, 2.05) is 24.4 Å². The van der Waals surface area contributed by atoms with Crippen LogP contribution in [0.25, 0.3) is 0 Å². The standard InChI is InChI=1S/C24H29ClN4O3/c1-17(30)29-13-5-3-6-21(29)24(31)27-18-8-9-22(20(25)16-18)32-19-10-14-28(15-11-19)23-7-2-4-12-26-23/h2,4,7-9,12,16,19,21H,3,5-6,10-11,13-15H2,1H3,(H,27,31). The van der Waals surface area contributed by atoms with E-state index in [2.05, 4.69) is 15.2 Å². The van der Waals surface area contributed by atoms with Gasteiger partial charge in [0.2, 0.25) is 11.8 Å². The Morgan fingerprint density at radius 3 is 2.59 bits per heavy atom. The summed E-state index contributed by atoms with van der Waals surface area (Å²) >= 11 is 6.46. The van der Waals surface area contributed by atoms with Crippen molar-refractivity contribution in [2.75, 3.05) is 29.9 Å². The number of pyridine rings is 1. The first-order valence-corrected chi connectivity index (χ1v) is 11.6. The van der Waals surface area contributed by atoms with E-state index in [4.69, 9.17) is 16.3 Å². The molecular formula is C24H29ClN4O3. The van der Waals surface area contributed by atoms with Crippen molar-refractivity contribution in [1.29, 1.82) is 0 Å². The van der Waals surface area contributed by atoms with E-state index in [9.17, 15) is 9.59 Å². The first kappa shape index (κ1) is 22.4. The SMILES string of the molecule is CC(=O)N1CCCCC1C(=O)Nc1ccc(OC2CCN(c3ccccn3)CC2)c(Cl)c1. The molecule has 2 saturated heterocycles. The van der Waals surface area contributed by atoms with Crippen molar-refractivity contribution >= 4 is 34.9 Å². The van der Waals surface area contributed by atoms with Crippen LogP contribution in [0.1, 0.15) is 39.0 Å². The Morgan fingerprint density at radius 2 is 1.91 bits per heavy atom. The lowest BCUT2D eigenvalue weighted by Gasteiger charge is -2.34. The molecular weight excluding hydrogens is 428 g/mol. The summed E-state index contributed by atoms with van der Waals surface area (Å²) in [5.74, 6) is 1.36. The van der Waals surface area contributed by atoms with Crippen LogP contribution >= 0.6 is 11.6 Å². The number of carbonyl (C=O) groups excluding carboxylic acids is 2. The lowest BCUT2D eigenvalue weighted by atomic mass is 10.0. The second-order valence-electron chi connectivity index (χ2n) is 8.35. The number of aromatic nitrogens is 1. The number of amides is 2. The maximum Gasteiger partial charge on any atom is 0.247 e. The molecule has 32 heavy (non-hydrogen) atoms. The highest BCUT2D eigenvalue weighted by atomic mass is 35.5. The predicted octanol–water partition coefficient (Wildman–Crippen LogP) is 4.12. The van der Waals surface area contributed by atoms with Gasteiger partial charge in [0.15, 0.2) is 0 Å². The van der Waals surface area contributed by atoms with Crippen LogP contribution in [-0.2, 0) is 9.59 Å². The van der Waals surface area contributed by atoms with Crippen LogP contribution in [0.15, 0.2) is 42.6 Å². The Labute approximate surface area is 193 Å². The number of rotatable bonds is 5. The summed E-state index contributed by atoms with van der Waals surface area (Å²) in [5.41, 5.74) is 0.603. The number of nitrogens with zero attached hydrogens (tertiary/aromatic N) is 3. The normalized spacial score (nSPS) is 19.5. The van der Waals surface area contributed by atoms with Crippen LogP contribution in [0.5, 0.6) is 5.75 Å². The van der Waals surface area contributed by atoms with E-state index in [1.165, 1.54) is 6.92 Å². The first-order valence-electron chi connectivity index (χ1n) is 11.2. The van der Waals surface area contributed by atoms with Crippen LogP contribution in [0, 0.1) is 0 Å². The zero-order valence-electron chi connectivity index (χ0n) is 18.3. The number of nitrogens with one attached hydrogen (secondary N) is 1. The Kier molecular flexibility index (Phi) is 7.15. The van der Waals surface area contributed by atoms with Gasteiger partial charge in [0, 0.05) is 51.3 Å². The third-order valence-corrected chi connectivity index (χ3v) is 6.41. The summed E-state index contributed by atoms with van der Waals surface area (Å²) in [6, 6.07) is 10.8. The second kappa shape index (κ2) is 10.2. The highest BCUT2D eigenvalue weighted by molar-refractivity contribution is 6.32. The fraction of sp³-hybridized carbons (Fsp3) is 0.458. The molecule has 2 aliphatic heterocycles. The molecule has 4 rings (SSSR count). The molecule has 0 spiro atoms. The Balaban J connectivity index is 1.32. The number of hydrogen-bond donors (Lipinski definition) is 1. The number of likely N-dealkylation sites (tertiary alicyclic amines) is 1. The molecule has 1 aromatic carbocycles. The van der Waals surface area contributed by atoms with E-state index in [1.54, 1.807) is 23.1 Å². The highest BCUT2D eigenvalue weighted by Gasteiger charge is 2.30. The fourth-order valence-electron chi connectivity index (χ4n) is 4.40. The number of ether oxygens (including phenoxy) is 1. The molecule has 170 valence electrons. The minimum atomic E-state index is -0.430. The molecule has 0 aliphatic carbocycles. The summed E-state index contributed by atoms with van der Waals surface area (Å²) in [4.78, 5) is 32.9. The van der Waals surface area contributed by atoms with Crippen LogP contribution in [0.4, 0.5) is 11.5 Å². The number of halogens is 1. The molecule has 0 bridgehead atoms. The minimum Gasteiger partial charge on any atom is -0.489 e. The smallest absolute Gasteiger partial charge is 0.247 e. The number of piperidine rings is 2. The number of carbonyl (C=O) groups is 2. The largest absolute Gasteiger partial charge is 0.489 e. The Hall–Kier alpha value is -2.80. The van der Waals surface area contributed by atoms with Crippen LogP contribution in [0.3, 0.4) is 0 Å². The monoisotopic (exact) mass is 456 g/mol. The van der Waals surface area contributed by atoms with Gasteiger partial charge in [0.25, 0.3) is 0 Å². The van der Waals surface area contributed by atoms with Gasteiger partial charge in [-0.25, -0.2) is 4.98 Å². The van der Waals surface area contributed by atoms with Crippen molar-refractivity contribution in [3.05, 3.63) is 47.6 Å². The predicted molar refractivity (Wildman–Crippen MR) is 125 cm³/mol. The number of anilines is 2. The molecule has 2 aliphatic rings. The molecule has 2 amide bonds. The van der Waals surface area contributed by atoms with Gasteiger partial charge in [-0.3, -0.25) is 9.59 Å². The second-order valence-corrected chi connectivity index (χ2v) is 8.76. The van der Waals surface area contributed by atoms with Crippen molar-refractivity contribution in [3.63, 3.8) is 0 Å². The van der Waals surface area contributed by atoms with Crippen LogP contribution in [-0.4, -0.2) is 53.5 Å². The van der Waals surface area contributed by atoms with Crippen molar-refractivity contribution in [2.45, 2.75) is 51.2 Å². The molecule has 2 fully saturated rings. The molecule has 8 heteroatoms. The van der Waals surface area contributed by atoms with Gasteiger partial charge in [-0.15, -0.1) is 0 Å². The maximum atomic E-state index is 12.8. The third kappa shape index (κ3) is 5.33. The minimum absolute atomic E-state index is 0.0688. The van der Waals surface area contributed by atoms with Crippen molar-refractivity contribution in [3.8, 4) is 5.75 Å². The van der Waals surface area contributed by atoms with Gasteiger partial charge < -0.3 is 19.9 Å². The molecule has 3 heterocycles. The Morgan fingerprint density at radius 1 is 1.09 bits per heavy atom. The van der Waals surface area contributed by atoms with Gasteiger partial charge in [0.1, 0.15) is 23.7 Å². The van der Waals surface area contributed by atoms with Gasteiger partial charge >= 0.3 is 0 Å². The lowest BCUT2D eigenvalue weighted by Crippen LogP contribution is -2.49. The number of hydrogen-bond acceptors (Lipinski definition) is 5. The zero-order chi connectivity index (χ0) is 22.5. The van der Waals surface area contributed by atoms with Gasteiger partial charge in [0.05, 0.1) is 5.02 Å². The van der Waals surface area contributed by atoms with E-state index < -0.39 is 6.04 Å². The highest BCUT2D eigenvalue weighted by Crippen LogP contribution is 2.31. The topological polar surface area (TPSA) is 74.8 Å². The fourth-order valence-corrected chi connectivity index (χ4v) is 4.63. The van der Waals surface area contributed by atoms with E-state index in [0.29, 0.717) is 29.4 Å². The van der Waals surface area contributed by atoms with E-state index >= 15 is 0 Å². The average Bonchev–Trinajstić information content (AvgIpc) is 2.82. The molecule has 0 radical (unpaired) electrons. The summed E-state index contributed by atoms with van der Waals surface area (Å²) in [7, 11) is 0. The molecule has 2 aromatic rings. The van der Waals surface area contributed by atoms with Gasteiger partial charge in [-0.1, -0.05) is 17.7 Å².